The van der Waals surface area contributed by atoms with Crippen LogP contribution >= 0.6 is 15.9 Å². The summed E-state index contributed by atoms with van der Waals surface area (Å²) in [6.45, 7) is 4.22. The zero-order valence-corrected chi connectivity index (χ0v) is 15.1. The second kappa shape index (κ2) is 5.60. The van der Waals surface area contributed by atoms with E-state index in [-0.39, 0.29) is 5.75 Å². The summed E-state index contributed by atoms with van der Waals surface area (Å²) in [5.74, 6) is 0.235. The Bertz CT molecular complexity index is 1100. The summed E-state index contributed by atoms with van der Waals surface area (Å²) in [6, 6.07) is 18.0. The maximum atomic E-state index is 10.4. The van der Waals surface area contributed by atoms with Gasteiger partial charge in [0.25, 0.3) is 0 Å². The zero-order chi connectivity index (χ0) is 16.8. The predicted octanol–water partition coefficient (Wildman–Crippen LogP) is 6.14. The van der Waals surface area contributed by atoms with Gasteiger partial charge in [-0.2, -0.15) is 0 Å². The van der Waals surface area contributed by atoms with Crippen molar-refractivity contribution in [3.8, 4) is 17.0 Å². The van der Waals surface area contributed by atoms with E-state index in [2.05, 4.69) is 54.0 Å². The summed E-state index contributed by atoms with van der Waals surface area (Å²) >= 11 is 3.49. The molecule has 0 saturated carbocycles. The molecule has 0 saturated heterocycles. The first-order valence-electron chi connectivity index (χ1n) is 7.83. The van der Waals surface area contributed by atoms with Crippen LogP contribution in [0.4, 0.5) is 0 Å². The monoisotopic (exact) mass is 377 g/mol. The van der Waals surface area contributed by atoms with Crippen molar-refractivity contribution < 1.29 is 5.11 Å². The highest BCUT2D eigenvalue weighted by Crippen LogP contribution is 2.38. The lowest BCUT2D eigenvalue weighted by molar-refractivity contribution is 0.477. The molecule has 1 heterocycles. The van der Waals surface area contributed by atoms with E-state index in [1.165, 1.54) is 11.1 Å². The molecule has 118 valence electrons. The quantitative estimate of drug-likeness (QED) is 0.404. The van der Waals surface area contributed by atoms with Gasteiger partial charge in [-0.1, -0.05) is 40.2 Å². The van der Waals surface area contributed by atoms with Crippen LogP contribution in [0, 0.1) is 13.8 Å². The van der Waals surface area contributed by atoms with E-state index >= 15 is 0 Å². The largest absolute Gasteiger partial charge is 0.507 e. The molecule has 0 bridgehead atoms. The van der Waals surface area contributed by atoms with Gasteiger partial charge in [-0.15, -0.1) is 0 Å². The maximum Gasteiger partial charge on any atom is 0.125 e. The van der Waals surface area contributed by atoms with Crippen LogP contribution < -0.4 is 0 Å². The van der Waals surface area contributed by atoms with Gasteiger partial charge in [-0.3, -0.25) is 0 Å². The molecule has 3 heteroatoms. The van der Waals surface area contributed by atoms with Gasteiger partial charge in [0.15, 0.2) is 0 Å². The molecule has 0 atom stereocenters. The number of phenolic OH excluding ortho intramolecular Hbond substituents is 1. The molecule has 0 amide bonds. The number of rotatable bonds is 1. The summed E-state index contributed by atoms with van der Waals surface area (Å²) in [7, 11) is 0. The summed E-state index contributed by atoms with van der Waals surface area (Å²) in [5, 5.41) is 13.7. The average molecular weight is 378 g/mol. The van der Waals surface area contributed by atoms with Gasteiger partial charge in [0.2, 0.25) is 0 Å². The Hall–Kier alpha value is -2.39. The summed E-state index contributed by atoms with van der Waals surface area (Å²) < 4.78 is 0.918. The molecule has 0 radical (unpaired) electrons. The van der Waals surface area contributed by atoms with Crippen molar-refractivity contribution in [2.24, 2.45) is 0 Å². The fraction of sp³-hybridized carbons (Fsp3) is 0.0952. The van der Waals surface area contributed by atoms with E-state index in [0.29, 0.717) is 0 Å². The standard InChI is InChI=1S/C21H16BrNO/c1-12-9-17-15-5-3-4-6-16(15)21(23-19(17)10-13(12)2)18-11-14(22)7-8-20(18)24/h3-11,24H,1-2H3. The Morgan fingerprint density at radius 2 is 1.54 bits per heavy atom. The highest BCUT2D eigenvalue weighted by molar-refractivity contribution is 9.10. The lowest BCUT2D eigenvalue weighted by atomic mass is 9.97. The van der Waals surface area contributed by atoms with E-state index in [9.17, 15) is 5.11 Å². The minimum atomic E-state index is 0.235. The second-order valence-electron chi connectivity index (χ2n) is 6.12. The number of hydrogen-bond donors (Lipinski definition) is 1. The number of pyridine rings is 1. The van der Waals surface area contributed by atoms with Crippen LogP contribution in [0.15, 0.2) is 59.1 Å². The number of hydrogen-bond acceptors (Lipinski definition) is 2. The number of benzene rings is 3. The van der Waals surface area contributed by atoms with E-state index in [1.807, 2.05) is 24.3 Å². The number of fused-ring (bicyclic) bond motifs is 3. The fourth-order valence-electron chi connectivity index (χ4n) is 3.12. The van der Waals surface area contributed by atoms with Crippen LogP contribution in [0.2, 0.25) is 0 Å². The average Bonchev–Trinajstić information content (AvgIpc) is 2.58. The molecule has 2 nitrogen and oxygen atoms in total. The first-order valence-corrected chi connectivity index (χ1v) is 8.62. The molecule has 1 N–H and O–H groups in total. The SMILES string of the molecule is Cc1cc2nc(-c3cc(Br)ccc3O)c3ccccc3c2cc1C. The van der Waals surface area contributed by atoms with Crippen molar-refractivity contribution in [1.29, 1.82) is 0 Å². The van der Waals surface area contributed by atoms with Crippen molar-refractivity contribution >= 4 is 37.6 Å². The summed E-state index contributed by atoms with van der Waals surface area (Å²) in [6.07, 6.45) is 0. The van der Waals surface area contributed by atoms with Crippen LogP contribution in [-0.2, 0) is 0 Å². The van der Waals surface area contributed by atoms with Crippen LogP contribution in [0.25, 0.3) is 32.9 Å². The fourth-order valence-corrected chi connectivity index (χ4v) is 3.48. The number of phenols is 1. The maximum absolute atomic E-state index is 10.4. The van der Waals surface area contributed by atoms with Crippen LogP contribution in [0.5, 0.6) is 5.75 Å². The molecule has 0 aliphatic carbocycles. The van der Waals surface area contributed by atoms with E-state index < -0.39 is 0 Å². The number of aromatic nitrogens is 1. The van der Waals surface area contributed by atoms with Gasteiger partial charge in [0, 0.05) is 20.8 Å². The molecule has 0 unspecified atom stereocenters. The Morgan fingerprint density at radius 3 is 2.33 bits per heavy atom. The van der Waals surface area contributed by atoms with Crippen molar-refractivity contribution in [2.75, 3.05) is 0 Å². The first kappa shape index (κ1) is 15.2. The topological polar surface area (TPSA) is 33.1 Å². The zero-order valence-electron chi connectivity index (χ0n) is 13.5. The van der Waals surface area contributed by atoms with E-state index in [4.69, 9.17) is 4.98 Å². The minimum Gasteiger partial charge on any atom is -0.507 e. The normalized spacial score (nSPS) is 11.3. The lowest BCUT2D eigenvalue weighted by Crippen LogP contribution is -1.92. The molecule has 3 aromatic carbocycles. The third-order valence-corrected chi connectivity index (χ3v) is 5.02. The van der Waals surface area contributed by atoms with E-state index in [0.717, 1.165) is 37.4 Å². The van der Waals surface area contributed by atoms with Gasteiger partial charge in [0.05, 0.1) is 11.2 Å². The van der Waals surface area contributed by atoms with E-state index in [1.54, 1.807) is 6.07 Å². The molecule has 1 aromatic heterocycles. The predicted molar refractivity (Wildman–Crippen MR) is 104 cm³/mol. The second-order valence-corrected chi connectivity index (χ2v) is 7.04. The molecule has 4 aromatic rings. The van der Waals surface area contributed by atoms with Crippen LogP contribution in [0.1, 0.15) is 11.1 Å². The Balaban J connectivity index is 2.18. The Labute approximate surface area is 148 Å². The number of nitrogens with zero attached hydrogens (tertiary/aromatic N) is 1. The molecule has 24 heavy (non-hydrogen) atoms. The minimum absolute atomic E-state index is 0.235. The first-order chi connectivity index (χ1) is 11.5. The Kier molecular flexibility index (Phi) is 3.54. The molecule has 0 fully saturated rings. The molecular weight excluding hydrogens is 362 g/mol. The number of halogens is 1. The number of aryl methyl sites for hydroxylation is 2. The van der Waals surface area contributed by atoms with Crippen molar-refractivity contribution in [2.45, 2.75) is 13.8 Å². The van der Waals surface area contributed by atoms with Crippen molar-refractivity contribution in [3.05, 3.63) is 70.2 Å². The smallest absolute Gasteiger partial charge is 0.125 e. The molecule has 0 aliphatic heterocycles. The van der Waals surface area contributed by atoms with Gasteiger partial charge in [0.1, 0.15) is 5.75 Å². The number of aromatic hydroxyl groups is 1. The lowest BCUT2D eigenvalue weighted by Gasteiger charge is -2.13. The van der Waals surface area contributed by atoms with Gasteiger partial charge in [-0.05, 0) is 60.7 Å². The van der Waals surface area contributed by atoms with Crippen LogP contribution in [-0.4, -0.2) is 10.1 Å². The van der Waals surface area contributed by atoms with Gasteiger partial charge in [-0.25, -0.2) is 4.98 Å². The molecule has 0 aliphatic rings. The molecule has 4 rings (SSSR count). The summed E-state index contributed by atoms with van der Waals surface area (Å²) in [4.78, 5) is 4.90. The highest BCUT2D eigenvalue weighted by Gasteiger charge is 2.14. The van der Waals surface area contributed by atoms with Crippen molar-refractivity contribution in [1.82, 2.24) is 4.98 Å². The highest BCUT2D eigenvalue weighted by atomic mass is 79.9. The summed E-state index contributed by atoms with van der Waals surface area (Å²) in [5.41, 5.74) is 4.97. The van der Waals surface area contributed by atoms with Gasteiger partial charge >= 0.3 is 0 Å². The molecular formula is C21H16BrNO. The van der Waals surface area contributed by atoms with Crippen molar-refractivity contribution in [3.63, 3.8) is 0 Å². The third-order valence-electron chi connectivity index (χ3n) is 4.53. The van der Waals surface area contributed by atoms with Crippen LogP contribution in [0.3, 0.4) is 0 Å². The third kappa shape index (κ3) is 2.36. The molecule has 0 spiro atoms. The Morgan fingerprint density at radius 1 is 0.833 bits per heavy atom. The van der Waals surface area contributed by atoms with Gasteiger partial charge < -0.3 is 5.11 Å².